The maximum Gasteiger partial charge on any atom is 0.303 e. The molecule has 5 heteroatoms. The minimum absolute atomic E-state index is 0.238. The van der Waals surface area contributed by atoms with Crippen LogP contribution < -0.4 is 5.32 Å². The highest BCUT2D eigenvalue weighted by molar-refractivity contribution is 9.12. The molecule has 0 fully saturated rings. The Morgan fingerprint density at radius 2 is 2.11 bits per heavy atom. The number of amides is 1. The smallest absolute Gasteiger partial charge is 0.303 e. The Labute approximate surface area is 120 Å². The summed E-state index contributed by atoms with van der Waals surface area (Å²) < 4.78 is 4.59. The third kappa shape index (κ3) is 6.07. The van der Waals surface area contributed by atoms with E-state index >= 15 is 0 Å². The van der Waals surface area contributed by atoms with Gasteiger partial charge in [-0.2, -0.15) is 0 Å². The van der Waals surface area contributed by atoms with E-state index in [0.717, 1.165) is 11.1 Å². The molecule has 1 N–H and O–H groups in total. The van der Waals surface area contributed by atoms with Crippen molar-refractivity contribution in [1.82, 2.24) is 5.32 Å². The average molecular weight is 324 g/mol. The lowest BCUT2D eigenvalue weighted by atomic mass is 10.1. The Bertz CT molecular complexity index is 517. The fraction of sp³-hybridized carbons (Fsp3) is 0.286. The van der Waals surface area contributed by atoms with Crippen molar-refractivity contribution in [2.75, 3.05) is 13.2 Å². The first-order valence-electron chi connectivity index (χ1n) is 5.73. The topological polar surface area (TPSA) is 55.4 Å². The third-order valence-electron chi connectivity index (χ3n) is 2.32. The molecule has 1 amide bonds. The number of nitrogens with one attached hydrogen (secondary N) is 1. The minimum Gasteiger partial charge on any atom is -0.456 e. The van der Waals surface area contributed by atoms with Crippen LogP contribution in [-0.2, 0) is 20.7 Å². The Morgan fingerprint density at radius 3 is 2.79 bits per heavy atom. The molecule has 0 heterocycles. The number of rotatable bonds is 5. The first-order chi connectivity index (χ1) is 9.13. The van der Waals surface area contributed by atoms with Crippen molar-refractivity contribution in [3.05, 3.63) is 35.4 Å². The maximum absolute atomic E-state index is 11.3. The SMILES string of the molecule is CC(=O)OCC(=O)NCCc1ccccc1C#CBr. The molecule has 0 spiro atoms. The summed E-state index contributed by atoms with van der Waals surface area (Å²) in [4.78, 5) is 24.5. The van der Waals surface area contributed by atoms with Gasteiger partial charge in [-0.05, 0) is 22.9 Å². The van der Waals surface area contributed by atoms with E-state index in [1.807, 2.05) is 24.3 Å². The lowest BCUT2D eigenvalue weighted by molar-refractivity contribution is -0.146. The van der Waals surface area contributed by atoms with E-state index in [1.165, 1.54) is 6.92 Å². The summed E-state index contributed by atoms with van der Waals surface area (Å²) in [7, 11) is 0. The maximum atomic E-state index is 11.3. The molecule has 1 aromatic carbocycles. The number of hydrogen-bond acceptors (Lipinski definition) is 3. The summed E-state index contributed by atoms with van der Waals surface area (Å²) in [6, 6.07) is 7.72. The van der Waals surface area contributed by atoms with Crippen LogP contribution in [0, 0.1) is 10.8 Å². The molecule has 0 aliphatic heterocycles. The lowest BCUT2D eigenvalue weighted by Crippen LogP contribution is -2.30. The van der Waals surface area contributed by atoms with Gasteiger partial charge in [0.25, 0.3) is 5.91 Å². The van der Waals surface area contributed by atoms with E-state index in [4.69, 9.17) is 0 Å². The van der Waals surface area contributed by atoms with Crippen molar-refractivity contribution in [3.63, 3.8) is 0 Å². The quantitative estimate of drug-likeness (QED) is 0.661. The molecule has 19 heavy (non-hydrogen) atoms. The van der Waals surface area contributed by atoms with Crippen LogP contribution in [0.25, 0.3) is 0 Å². The standard InChI is InChI=1S/C14H14BrNO3/c1-11(17)19-10-14(18)16-9-7-13-5-3-2-4-12(13)6-8-15/h2-5H,7,9-10H2,1H3,(H,16,18). The number of ether oxygens (including phenoxy) is 1. The van der Waals surface area contributed by atoms with Gasteiger partial charge in [0, 0.05) is 35.0 Å². The fourth-order valence-electron chi connectivity index (χ4n) is 1.47. The molecular weight excluding hydrogens is 310 g/mol. The predicted octanol–water partition coefficient (Wildman–Crippen LogP) is 1.61. The molecule has 0 saturated carbocycles. The zero-order valence-corrected chi connectivity index (χ0v) is 12.1. The van der Waals surface area contributed by atoms with Crippen LogP contribution in [0.5, 0.6) is 0 Å². The third-order valence-corrected chi connectivity index (χ3v) is 2.52. The van der Waals surface area contributed by atoms with Crippen molar-refractivity contribution in [3.8, 4) is 10.8 Å². The second-order valence-electron chi connectivity index (χ2n) is 3.76. The van der Waals surface area contributed by atoms with E-state index in [9.17, 15) is 9.59 Å². The monoisotopic (exact) mass is 323 g/mol. The van der Waals surface area contributed by atoms with Crippen LogP contribution in [-0.4, -0.2) is 25.0 Å². The molecule has 0 atom stereocenters. The van der Waals surface area contributed by atoms with Crippen LogP contribution >= 0.6 is 15.9 Å². The Hall–Kier alpha value is -1.80. The fourth-order valence-corrected chi connectivity index (χ4v) is 1.68. The van der Waals surface area contributed by atoms with Gasteiger partial charge in [-0.25, -0.2) is 0 Å². The molecule has 0 unspecified atom stereocenters. The minimum atomic E-state index is -0.465. The summed E-state index contributed by atoms with van der Waals surface area (Å²) in [5.74, 6) is 2.17. The number of carbonyl (C=O) groups excluding carboxylic acids is 2. The van der Waals surface area contributed by atoms with Gasteiger partial charge >= 0.3 is 5.97 Å². The van der Waals surface area contributed by atoms with Crippen molar-refractivity contribution >= 4 is 27.8 Å². The number of halogens is 1. The molecule has 100 valence electrons. The highest BCUT2D eigenvalue weighted by Gasteiger charge is 2.04. The molecular formula is C14H14BrNO3. The van der Waals surface area contributed by atoms with E-state index in [0.29, 0.717) is 13.0 Å². The van der Waals surface area contributed by atoms with Gasteiger partial charge in [-0.15, -0.1) is 0 Å². The highest BCUT2D eigenvalue weighted by atomic mass is 79.9. The van der Waals surface area contributed by atoms with Crippen LogP contribution in [0.3, 0.4) is 0 Å². The second-order valence-corrected chi connectivity index (χ2v) is 4.15. The Morgan fingerprint density at radius 1 is 1.37 bits per heavy atom. The summed E-state index contributed by atoms with van der Waals surface area (Å²) in [5.41, 5.74) is 1.98. The van der Waals surface area contributed by atoms with E-state index < -0.39 is 5.97 Å². The van der Waals surface area contributed by atoms with Gasteiger partial charge in [0.1, 0.15) is 0 Å². The van der Waals surface area contributed by atoms with Crippen LogP contribution in [0.15, 0.2) is 24.3 Å². The number of benzene rings is 1. The molecule has 1 aromatic rings. The largest absolute Gasteiger partial charge is 0.456 e. The Balaban J connectivity index is 2.42. The van der Waals surface area contributed by atoms with E-state index in [2.05, 4.69) is 36.7 Å². The Kier molecular flexibility index (Phi) is 6.69. The van der Waals surface area contributed by atoms with Gasteiger partial charge in [-0.1, -0.05) is 24.1 Å². The van der Waals surface area contributed by atoms with Gasteiger partial charge in [0.15, 0.2) is 6.61 Å². The van der Waals surface area contributed by atoms with Gasteiger partial charge in [0.2, 0.25) is 0 Å². The second kappa shape index (κ2) is 8.33. The lowest BCUT2D eigenvalue weighted by Gasteiger charge is -2.07. The molecule has 4 nitrogen and oxygen atoms in total. The predicted molar refractivity (Wildman–Crippen MR) is 75.6 cm³/mol. The summed E-state index contributed by atoms with van der Waals surface area (Å²) >= 11 is 3.07. The first kappa shape index (κ1) is 15.3. The van der Waals surface area contributed by atoms with Crippen LogP contribution in [0.1, 0.15) is 18.1 Å². The van der Waals surface area contributed by atoms with E-state index in [1.54, 1.807) is 0 Å². The molecule has 0 aliphatic rings. The number of esters is 1. The number of carbonyl (C=O) groups is 2. The first-order valence-corrected chi connectivity index (χ1v) is 6.52. The summed E-state index contributed by atoms with van der Waals surface area (Å²) in [5, 5.41) is 2.68. The molecule has 0 saturated heterocycles. The normalized spacial score (nSPS) is 9.16. The van der Waals surface area contributed by atoms with Crippen molar-refractivity contribution in [2.24, 2.45) is 0 Å². The van der Waals surface area contributed by atoms with E-state index in [-0.39, 0.29) is 12.5 Å². The van der Waals surface area contributed by atoms with Gasteiger partial charge in [0.05, 0.1) is 0 Å². The summed E-state index contributed by atoms with van der Waals surface area (Å²) in [6.07, 6.45) is 0.670. The van der Waals surface area contributed by atoms with Crippen LogP contribution in [0.2, 0.25) is 0 Å². The molecule has 0 aliphatic carbocycles. The zero-order chi connectivity index (χ0) is 14.1. The van der Waals surface area contributed by atoms with Crippen molar-refractivity contribution in [2.45, 2.75) is 13.3 Å². The average Bonchev–Trinajstić information content (AvgIpc) is 2.39. The van der Waals surface area contributed by atoms with Crippen molar-refractivity contribution in [1.29, 1.82) is 0 Å². The number of hydrogen-bond donors (Lipinski definition) is 1. The molecule has 0 radical (unpaired) electrons. The molecule has 1 rings (SSSR count). The highest BCUT2D eigenvalue weighted by Crippen LogP contribution is 2.07. The van der Waals surface area contributed by atoms with Gasteiger partial charge < -0.3 is 10.1 Å². The summed E-state index contributed by atoms with van der Waals surface area (Å²) in [6.45, 7) is 1.50. The molecule has 0 aromatic heterocycles. The van der Waals surface area contributed by atoms with Crippen molar-refractivity contribution < 1.29 is 14.3 Å². The molecule has 0 bridgehead atoms. The van der Waals surface area contributed by atoms with Crippen LogP contribution in [0.4, 0.5) is 0 Å². The van der Waals surface area contributed by atoms with Gasteiger partial charge in [-0.3, -0.25) is 9.59 Å². The zero-order valence-electron chi connectivity index (χ0n) is 10.5.